The van der Waals surface area contributed by atoms with Crippen LogP contribution in [0.5, 0.6) is 5.75 Å². The first-order valence-corrected chi connectivity index (χ1v) is 6.10. The molecule has 0 spiro atoms. The van der Waals surface area contributed by atoms with Gasteiger partial charge >= 0.3 is 0 Å². The summed E-state index contributed by atoms with van der Waals surface area (Å²) in [5.74, 6) is 1.30. The number of para-hydroxylation sites is 2. The zero-order chi connectivity index (χ0) is 12.3. The van der Waals surface area contributed by atoms with Crippen molar-refractivity contribution in [3.63, 3.8) is 0 Å². The maximum Gasteiger partial charge on any atom is 0.144 e. The molecule has 0 saturated carbocycles. The van der Waals surface area contributed by atoms with Gasteiger partial charge in [0.2, 0.25) is 0 Å². The molecule has 0 N–H and O–H groups in total. The van der Waals surface area contributed by atoms with Crippen LogP contribution in [0.15, 0.2) is 30.5 Å². The molecule has 2 aromatic rings. The van der Waals surface area contributed by atoms with E-state index in [1.165, 1.54) is 0 Å². The molecule has 1 aromatic carbocycles. The molecule has 0 aliphatic heterocycles. The van der Waals surface area contributed by atoms with Crippen LogP contribution >= 0.6 is 11.6 Å². The molecule has 17 heavy (non-hydrogen) atoms. The van der Waals surface area contributed by atoms with Gasteiger partial charge in [-0.1, -0.05) is 19.1 Å². The number of hydrogen-bond donors (Lipinski definition) is 0. The number of alkyl halides is 1. The Balaban J connectivity index is 2.56. The van der Waals surface area contributed by atoms with E-state index < -0.39 is 0 Å². The molecule has 90 valence electrons. The number of rotatable bonds is 4. The molecule has 4 heteroatoms. The van der Waals surface area contributed by atoms with Gasteiger partial charge in [-0.25, -0.2) is 4.68 Å². The fourth-order valence-corrected chi connectivity index (χ4v) is 2.13. The normalized spacial score (nSPS) is 10.5. The maximum absolute atomic E-state index is 5.90. The molecule has 1 heterocycles. The molecule has 0 fully saturated rings. The number of nitrogens with zero attached hydrogens (tertiary/aromatic N) is 2. The molecule has 3 nitrogen and oxygen atoms in total. The smallest absolute Gasteiger partial charge is 0.144 e. The van der Waals surface area contributed by atoms with Gasteiger partial charge in [0, 0.05) is 11.3 Å². The molecule has 1 aromatic heterocycles. The Morgan fingerprint density at radius 1 is 1.35 bits per heavy atom. The van der Waals surface area contributed by atoms with Crippen LogP contribution in [0, 0.1) is 0 Å². The Kier molecular flexibility index (Phi) is 3.69. The lowest BCUT2D eigenvalue weighted by Gasteiger charge is -2.11. The predicted molar refractivity (Wildman–Crippen MR) is 69.1 cm³/mol. The first-order valence-electron chi connectivity index (χ1n) is 5.57. The van der Waals surface area contributed by atoms with Crippen molar-refractivity contribution < 1.29 is 4.74 Å². The van der Waals surface area contributed by atoms with E-state index in [1.54, 1.807) is 7.11 Å². The van der Waals surface area contributed by atoms with Crippen LogP contribution in [0.3, 0.4) is 0 Å². The summed E-state index contributed by atoms with van der Waals surface area (Å²) in [6.07, 6.45) is 2.71. The van der Waals surface area contributed by atoms with Crippen molar-refractivity contribution >= 4 is 11.6 Å². The van der Waals surface area contributed by atoms with E-state index >= 15 is 0 Å². The molecule has 0 bridgehead atoms. The second-order valence-electron chi connectivity index (χ2n) is 3.69. The van der Waals surface area contributed by atoms with Crippen LogP contribution in [0.1, 0.15) is 18.2 Å². The number of hydrogen-bond acceptors (Lipinski definition) is 2. The number of ether oxygens (including phenoxy) is 1. The highest BCUT2D eigenvalue weighted by Crippen LogP contribution is 2.25. The van der Waals surface area contributed by atoms with Gasteiger partial charge in [-0.15, -0.1) is 11.6 Å². The third kappa shape index (κ3) is 2.15. The van der Waals surface area contributed by atoms with Crippen LogP contribution in [-0.2, 0) is 12.3 Å². The fourth-order valence-electron chi connectivity index (χ4n) is 1.91. The minimum absolute atomic E-state index is 0.484. The summed E-state index contributed by atoms with van der Waals surface area (Å²) in [5.41, 5.74) is 3.15. The average molecular weight is 251 g/mol. The van der Waals surface area contributed by atoms with E-state index in [9.17, 15) is 0 Å². The summed E-state index contributed by atoms with van der Waals surface area (Å²) in [7, 11) is 1.66. The van der Waals surface area contributed by atoms with E-state index in [0.717, 1.165) is 29.1 Å². The van der Waals surface area contributed by atoms with Gasteiger partial charge in [0.05, 0.1) is 19.2 Å². The lowest BCUT2D eigenvalue weighted by atomic mass is 10.2. The summed E-state index contributed by atoms with van der Waals surface area (Å²) in [5, 5.41) is 4.39. The second kappa shape index (κ2) is 5.23. The van der Waals surface area contributed by atoms with Crippen LogP contribution in [0.4, 0.5) is 0 Å². The lowest BCUT2D eigenvalue weighted by molar-refractivity contribution is 0.411. The van der Waals surface area contributed by atoms with Gasteiger partial charge in [-0.2, -0.15) is 5.10 Å². The standard InChI is InChI=1S/C13H15ClN2O/c1-3-11-10(8-14)9-15-16(11)12-6-4-5-7-13(12)17-2/h4-7,9H,3,8H2,1-2H3. The zero-order valence-corrected chi connectivity index (χ0v) is 10.7. The molecule has 0 atom stereocenters. The molecular formula is C13H15ClN2O. The van der Waals surface area contributed by atoms with E-state index in [-0.39, 0.29) is 0 Å². The highest BCUT2D eigenvalue weighted by molar-refractivity contribution is 6.17. The minimum atomic E-state index is 0.484. The Bertz CT molecular complexity index is 508. The number of aromatic nitrogens is 2. The third-order valence-corrected chi connectivity index (χ3v) is 3.04. The highest BCUT2D eigenvalue weighted by atomic mass is 35.5. The number of halogens is 1. The molecule has 2 rings (SSSR count). The summed E-state index contributed by atoms with van der Waals surface area (Å²) in [4.78, 5) is 0. The van der Waals surface area contributed by atoms with Gasteiger partial charge in [0.25, 0.3) is 0 Å². The number of methoxy groups -OCH3 is 1. The monoisotopic (exact) mass is 250 g/mol. The van der Waals surface area contributed by atoms with Gasteiger partial charge in [-0.05, 0) is 18.6 Å². The van der Waals surface area contributed by atoms with E-state index in [4.69, 9.17) is 16.3 Å². The van der Waals surface area contributed by atoms with Gasteiger partial charge in [0.1, 0.15) is 11.4 Å². The van der Waals surface area contributed by atoms with Crippen molar-refractivity contribution in [1.29, 1.82) is 0 Å². The lowest BCUT2D eigenvalue weighted by Crippen LogP contribution is -2.04. The molecule has 0 aliphatic carbocycles. The van der Waals surface area contributed by atoms with Crippen LogP contribution in [0.2, 0.25) is 0 Å². The molecule has 0 aliphatic rings. The highest BCUT2D eigenvalue weighted by Gasteiger charge is 2.12. The van der Waals surface area contributed by atoms with Crippen molar-refractivity contribution in [2.45, 2.75) is 19.2 Å². The first-order chi connectivity index (χ1) is 8.31. The van der Waals surface area contributed by atoms with Gasteiger partial charge < -0.3 is 4.74 Å². The Morgan fingerprint density at radius 3 is 2.76 bits per heavy atom. The number of benzene rings is 1. The minimum Gasteiger partial charge on any atom is -0.494 e. The van der Waals surface area contributed by atoms with Crippen LogP contribution in [-0.4, -0.2) is 16.9 Å². The first kappa shape index (κ1) is 12.0. The molecule has 0 saturated heterocycles. The van der Waals surface area contributed by atoms with E-state index in [0.29, 0.717) is 5.88 Å². The van der Waals surface area contributed by atoms with Crippen molar-refractivity contribution in [2.75, 3.05) is 7.11 Å². The molecule has 0 radical (unpaired) electrons. The van der Waals surface area contributed by atoms with Gasteiger partial charge in [0.15, 0.2) is 0 Å². The summed E-state index contributed by atoms with van der Waals surface area (Å²) in [6.45, 7) is 2.10. The van der Waals surface area contributed by atoms with Crippen LogP contribution in [0.25, 0.3) is 5.69 Å². The molecule has 0 unspecified atom stereocenters. The topological polar surface area (TPSA) is 27.1 Å². The third-order valence-electron chi connectivity index (χ3n) is 2.75. The quantitative estimate of drug-likeness (QED) is 0.780. The average Bonchev–Trinajstić information content (AvgIpc) is 2.81. The van der Waals surface area contributed by atoms with Crippen molar-refractivity contribution in [1.82, 2.24) is 9.78 Å². The van der Waals surface area contributed by atoms with E-state index in [1.807, 2.05) is 35.1 Å². The van der Waals surface area contributed by atoms with Crippen LogP contribution < -0.4 is 4.74 Å². The van der Waals surface area contributed by atoms with Gasteiger partial charge in [-0.3, -0.25) is 0 Å². The largest absolute Gasteiger partial charge is 0.494 e. The molecular weight excluding hydrogens is 236 g/mol. The molecule has 0 amide bonds. The van der Waals surface area contributed by atoms with Crippen molar-refractivity contribution in [2.24, 2.45) is 0 Å². The Morgan fingerprint density at radius 2 is 2.12 bits per heavy atom. The van der Waals surface area contributed by atoms with Crippen molar-refractivity contribution in [3.05, 3.63) is 41.7 Å². The van der Waals surface area contributed by atoms with E-state index in [2.05, 4.69) is 12.0 Å². The zero-order valence-electron chi connectivity index (χ0n) is 9.98. The van der Waals surface area contributed by atoms with Crippen molar-refractivity contribution in [3.8, 4) is 11.4 Å². The summed E-state index contributed by atoms with van der Waals surface area (Å²) >= 11 is 5.90. The SMILES string of the molecule is CCc1c(CCl)cnn1-c1ccccc1OC. The summed E-state index contributed by atoms with van der Waals surface area (Å²) in [6, 6.07) is 7.83. The predicted octanol–water partition coefficient (Wildman–Crippen LogP) is 3.18. The Labute approximate surface area is 106 Å². The maximum atomic E-state index is 5.90. The fraction of sp³-hybridized carbons (Fsp3) is 0.308. The second-order valence-corrected chi connectivity index (χ2v) is 3.95. The summed E-state index contributed by atoms with van der Waals surface area (Å²) < 4.78 is 7.25. The Hall–Kier alpha value is -1.48.